The van der Waals surface area contributed by atoms with Crippen LogP contribution in [0.25, 0.3) is 0 Å². The number of nitrogens with one attached hydrogen (secondary N) is 2. The van der Waals surface area contributed by atoms with Crippen molar-refractivity contribution < 1.29 is 181 Å². The minimum atomic E-state index is -3.29. The lowest BCUT2D eigenvalue weighted by Gasteiger charge is -2.53. The van der Waals surface area contributed by atoms with Gasteiger partial charge < -0.3 is 124 Å². The Hall–Kier alpha value is -9.46. The van der Waals surface area contributed by atoms with Gasteiger partial charge in [-0.25, -0.2) is 4.79 Å². The molecule has 2 N–H and O–H groups in total. The monoisotopic (exact) mass is 1650 g/mol. The summed E-state index contributed by atoms with van der Waals surface area (Å²) in [6, 6.07) is 14.2. The number of hydrogen-bond donors (Lipinski definition) is 2. The smallest absolute Gasteiger partial charge is 0.366 e. The molecule has 40 nitrogen and oxygen atoms in total. The summed E-state index contributed by atoms with van der Waals surface area (Å²) >= 11 is 0. The summed E-state index contributed by atoms with van der Waals surface area (Å²) < 4.78 is 150. The third kappa shape index (κ3) is 27.3. The highest BCUT2D eigenvalue weighted by molar-refractivity contribution is 5.79. The van der Waals surface area contributed by atoms with Crippen molar-refractivity contribution >= 4 is 83.4 Å². The fraction of sp³-hybridized carbons (Fsp3) is 0.658. The average molecular weight is 1650 g/mol. The van der Waals surface area contributed by atoms with Gasteiger partial charge in [0, 0.05) is 103 Å². The van der Waals surface area contributed by atoms with Gasteiger partial charge in [0.25, 0.3) is 5.79 Å². The standard InChI is InChI=1S/C76H102N2O38/c1-17-94-72-69(107-48(14)90)67(62(105-46(12)88)56(110-72)34-97-41(7)83)114-71-59(78-38(4)80)65(113-73-64(100-31-51-26-22-19-23-27-51)52(28-36(2)101-73)99-30-50-24-20-18-21-25-50)60(55(109-71)33-96-40(6)82)112-74-70(108-49(15)91)68(63(106-47(13)89)57(111-74)35-98-42(8)84)116-76(75(92)93-16)29-53(102-43(9)85)58(77-37(3)79)66(115-76)61(104-45(11)87)54(103-44(10)86)32-95-39(5)81/h18-27,36,52-74H,17,28-35H2,1-16H3,(H,77,79)(H,78,80)/t36-,52+,53-,54+,55+,56+,57+,58+,59+,60+,61+,62-,63-,64-,65+,66+,67-,68-,69+,70+,71-,72+,73-,74-,76-/m0/s1. The summed E-state index contributed by atoms with van der Waals surface area (Å²) in [6.07, 6.45) is -42.1. The Morgan fingerprint density at radius 1 is 0.431 bits per heavy atom. The molecule has 2 amide bonds. The van der Waals surface area contributed by atoms with E-state index in [-0.39, 0.29) is 26.2 Å². The third-order valence-electron chi connectivity index (χ3n) is 17.9. The van der Waals surface area contributed by atoms with Crippen LogP contribution in [0.5, 0.6) is 0 Å². The molecule has 0 bridgehead atoms. The van der Waals surface area contributed by atoms with Gasteiger partial charge >= 0.3 is 71.6 Å². The number of ether oxygens (including phenoxy) is 24. The summed E-state index contributed by atoms with van der Waals surface area (Å²) in [5, 5.41) is 5.33. The average Bonchev–Trinajstić information content (AvgIpc) is 0.741. The quantitative estimate of drug-likeness (QED) is 0.0720. The SMILES string of the molecule is CCO[C@@H]1O[C@H](COC(C)=O)[C@H](OC(C)=O)[C@H](O[C@@H]2O[C@H](COC(C)=O)[C@@H](O[C@@H]3O[C@H](COC(C)=O)[C@H](OC(C)=O)[C@H](O[C@]4(C(=O)OC)C[C@H](OC(C)=O)[C@@H](NC(C)=O)[C@H]([C@H](OC(C)=O)[C@@H](COC(C)=O)OC(C)=O)O4)[C@H]3OC(C)=O)[C@H](O[C@@H]3O[C@@H](C)C[C@@H](OCc4ccccc4)[C@@H]3OCc3ccccc3)[C@H]2NC(C)=O)[C@H]1OC(C)=O. The predicted molar refractivity (Wildman–Crippen MR) is 381 cm³/mol. The van der Waals surface area contributed by atoms with Crippen LogP contribution in [0.2, 0.25) is 0 Å². The van der Waals surface area contributed by atoms with Crippen molar-refractivity contribution in [2.75, 3.05) is 40.1 Å². The van der Waals surface area contributed by atoms with Crippen LogP contribution in [0.4, 0.5) is 0 Å². The second-order valence-electron chi connectivity index (χ2n) is 27.5. The lowest BCUT2D eigenvalue weighted by Crippen LogP contribution is -2.73. The molecule has 0 aromatic heterocycles. The lowest BCUT2D eigenvalue weighted by atomic mass is 9.87. The summed E-state index contributed by atoms with van der Waals surface area (Å²) in [5.41, 5.74) is 1.38. The van der Waals surface area contributed by atoms with Crippen LogP contribution in [0.3, 0.4) is 0 Å². The molecule has 644 valence electrons. The zero-order valence-corrected chi connectivity index (χ0v) is 67.0. The number of hydrogen-bond acceptors (Lipinski definition) is 38. The van der Waals surface area contributed by atoms with Crippen LogP contribution in [-0.4, -0.2) is 276 Å². The molecule has 0 spiro atoms. The Balaban J connectivity index is 1.55. The largest absolute Gasteiger partial charge is 0.465 e. The molecule has 116 heavy (non-hydrogen) atoms. The predicted octanol–water partition coefficient (Wildman–Crippen LogP) is 1.49. The van der Waals surface area contributed by atoms with Gasteiger partial charge in [-0.3, -0.25) is 62.3 Å². The van der Waals surface area contributed by atoms with E-state index < -0.39 is 269 Å². The van der Waals surface area contributed by atoms with Crippen molar-refractivity contribution in [3.05, 3.63) is 71.8 Å². The summed E-state index contributed by atoms with van der Waals surface area (Å²) in [7, 11) is 0.819. The molecule has 40 heteroatoms. The topological polar surface area (TPSA) is 485 Å². The van der Waals surface area contributed by atoms with E-state index in [0.29, 0.717) is 5.56 Å². The summed E-state index contributed by atoms with van der Waals surface area (Å²) in [6.45, 7) is 12.1. The number of methoxy groups -OCH3 is 1. The Bertz CT molecular complexity index is 3700. The van der Waals surface area contributed by atoms with Crippen molar-refractivity contribution in [1.82, 2.24) is 10.6 Å². The van der Waals surface area contributed by atoms with Crippen LogP contribution in [0.1, 0.15) is 128 Å². The van der Waals surface area contributed by atoms with Crippen molar-refractivity contribution in [2.24, 2.45) is 0 Å². The van der Waals surface area contributed by atoms with Crippen molar-refractivity contribution in [3.63, 3.8) is 0 Å². The molecule has 5 heterocycles. The Morgan fingerprint density at radius 2 is 0.871 bits per heavy atom. The highest BCUT2D eigenvalue weighted by Gasteiger charge is 2.65. The summed E-state index contributed by atoms with van der Waals surface area (Å²) in [5.74, 6) is -18.2. The second-order valence-corrected chi connectivity index (χ2v) is 27.5. The molecule has 2 aromatic carbocycles. The molecule has 5 aliphatic heterocycles. The zero-order valence-electron chi connectivity index (χ0n) is 67.0. The van der Waals surface area contributed by atoms with Gasteiger partial charge in [0.05, 0.1) is 45.0 Å². The van der Waals surface area contributed by atoms with Crippen molar-refractivity contribution in [3.8, 4) is 0 Å². The molecule has 0 aliphatic carbocycles. The molecule has 0 unspecified atom stereocenters. The van der Waals surface area contributed by atoms with Gasteiger partial charge in [0.15, 0.2) is 61.8 Å². The third-order valence-corrected chi connectivity index (χ3v) is 17.9. The molecule has 5 aliphatic rings. The Labute approximate surface area is 667 Å². The van der Waals surface area contributed by atoms with Gasteiger partial charge in [-0.2, -0.15) is 0 Å². The first kappa shape index (κ1) is 93.7. The normalized spacial score (nSPS) is 30.8. The maximum atomic E-state index is 15.4. The molecular formula is C76H102N2O38. The number of carbonyl (C=O) groups is 14. The molecular weight excluding hydrogens is 1550 g/mol. The van der Waals surface area contributed by atoms with Crippen molar-refractivity contribution in [1.29, 1.82) is 0 Å². The first-order valence-corrected chi connectivity index (χ1v) is 37.1. The molecule has 5 saturated heterocycles. The first-order valence-electron chi connectivity index (χ1n) is 37.1. The van der Waals surface area contributed by atoms with Crippen molar-refractivity contribution in [2.45, 2.75) is 283 Å². The molecule has 7 rings (SSSR count). The minimum Gasteiger partial charge on any atom is -0.465 e. The molecule has 25 atom stereocenters. The number of amides is 2. The molecule has 0 saturated carbocycles. The first-order chi connectivity index (χ1) is 54.9. The zero-order chi connectivity index (χ0) is 85.4. The van der Waals surface area contributed by atoms with Crippen LogP contribution in [0.15, 0.2) is 60.7 Å². The van der Waals surface area contributed by atoms with Crippen LogP contribution in [0, 0.1) is 0 Å². The maximum Gasteiger partial charge on any atom is 0.366 e. The Morgan fingerprint density at radius 3 is 1.35 bits per heavy atom. The van der Waals surface area contributed by atoms with E-state index >= 15 is 4.79 Å². The number of rotatable bonds is 36. The maximum absolute atomic E-state index is 15.4. The van der Waals surface area contributed by atoms with E-state index in [1.807, 2.05) is 18.2 Å². The molecule has 0 radical (unpaired) electrons. The molecule has 2 aromatic rings. The van der Waals surface area contributed by atoms with Crippen LogP contribution >= 0.6 is 0 Å². The number of carbonyl (C=O) groups excluding carboxylic acids is 14. The van der Waals surface area contributed by atoms with Gasteiger partial charge in [0.2, 0.25) is 11.8 Å². The van der Waals surface area contributed by atoms with E-state index in [0.717, 1.165) is 103 Å². The number of esters is 12. The van der Waals surface area contributed by atoms with Crippen LogP contribution in [-0.2, 0) is 194 Å². The van der Waals surface area contributed by atoms with E-state index in [1.165, 1.54) is 0 Å². The second kappa shape index (κ2) is 44.2. The van der Waals surface area contributed by atoms with Gasteiger partial charge in [-0.05, 0) is 25.0 Å². The lowest BCUT2D eigenvalue weighted by molar-refractivity contribution is -0.396. The molecule has 5 fully saturated rings. The van der Waals surface area contributed by atoms with Gasteiger partial charge in [-0.15, -0.1) is 0 Å². The Kier molecular flexibility index (Phi) is 35.7. The fourth-order valence-corrected chi connectivity index (χ4v) is 13.7. The van der Waals surface area contributed by atoms with Crippen LogP contribution < -0.4 is 10.6 Å². The van der Waals surface area contributed by atoms with Gasteiger partial charge in [0.1, 0.15) is 93.5 Å². The van der Waals surface area contributed by atoms with E-state index in [4.69, 9.17) is 114 Å². The van der Waals surface area contributed by atoms with E-state index in [9.17, 15) is 62.3 Å². The van der Waals surface area contributed by atoms with Gasteiger partial charge in [-0.1, -0.05) is 60.7 Å². The highest BCUT2D eigenvalue weighted by Crippen LogP contribution is 2.44. The van der Waals surface area contributed by atoms with E-state index in [2.05, 4.69) is 10.6 Å². The summed E-state index contributed by atoms with van der Waals surface area (Å²) in [4.78, 5) is 189. The number of benzene rings is 2. The van der Waals surface area contributed by atoms with E-state index in [1.54, 1.807) is 56.3 Å². The minimum absolute atomic E-state index is 0.00309. The highest BCUT2D eigenvalue weighted by atomic mass is 16.8. The fourth-order valence-electron chi connectivity index (χ4n) is 13.7.